The van der Waals surface area contributed by atoms with Crippen LogP contribution in [0.2, 0.25) is 0 Å². The summed E-state index contributed by atoms with van der Waals surface area (Å²) in [5.74, 6) is 0. The average Bonchev–Trinajstić information content (AvgIpc) is 2.40. The summed E-state index contributed by atoms with van der Waals surface area (Å²) in [6.07, 6.45) is 0. The Hall–Kier alpha value is -1.66. The van der Waals surface area contributed by atoms with Gasteiger partial charge in [-0.2, -0.15) is 0 Å². The zero-order valence-corrected chi connectivity index (χ0v) is 12.8. The van der Waals surface area contributed by atoms with Gasteiger partial charge in [0.05, 0.1) is 17.9 Å². The number of anilines is 2. The van der Waals surface area contributed by atoms with E-state index in [2.05, 4.69) is 5.18 Å². The van der Waals surface area contributed by atoms with E-state index in [0.29, 0.717) is 29.0 Å². The number of nitrogens with zero attached hydrogens (tertiary/aromatic N) is 1. The van der Waals surface area contributed by atoms with Gasteiger partial charge in [-0.3, -0.25) is 0 Å². The van der Waals surface area contributed by atoms with Crippen LogP contribution >= 0.6 is 0 Å². The van der Waals surface area contributed by atoms with Crippen LogP contribution < -0.4 is 16.5 Å². The second-order valence-corrected chi connectivity index (χ2v) is 6.04. The monoisotopic (exact) mass is 280 g/mol. The summed E-state index contributed by atoms with van der Waals surface area (Å²) in [6, 6.07) is 3.49. The molecule has 0 heterocycles. The van der Waals surface area contributed by atoms with Crippen molar-refractivity contribution in [2.75, 3.05) is 18.0 Å². The topological polar surface area (TPSA) is 109 Å². The highest BCUT2D eigenvalue weighted by Crippen LogP contribution is 2.37. The van der Waals surface area contributed by atoms with E-state index in [-0.39, 0.29) is 5.06 Å². The fraction of sp³-hybridized carbons (Fsp3) is 0.571. The lowest BCUT2D eigenvalue weighted by atomic mass is 9.86. The van der Waals surface area contributed by atoms with E-state index in [9.17, 15) is 10.1 Å². The van der Waals surface area contributed by atoms with Crippen molar-refractivity contribution in [2.45, 2.75) is 45.7 Å². The minimum Gasteiger partial charge on any atom is -0.634 e. The maximum absolute atomic E-state index is 12.1. The van der Waals surface area contributed by atoms with E-state index in [0.717, 1.165) is 0 Å². The molecule has 6 nitrogen and oxygen atoms in total. The molecule has 0 spiro atoms. The smallest absolute Gasteiger partial charge is 0.124 e. The molecule has 0 aromatic heterocycles. The lowest BCUT2D eigenvalue weighted by Crippen LogP contribution is -3.13. The molecule has 0 aliphatic heterocycles. The average molecular weight is 280 g/mol. The standard InChI is InChI=1S/C14H24N4O2/c1-6-18(20)14(4,5)10-8-7-9(11(15)12(10)16)13(2,3)17-19/h7-8,18H,6,15-16H2,1-5H3. The van der Waals surface area contributed by atoms with Crippen molar-refractivity contribution >= 4 is 11.4 Å². The first-order valence-electron chi connectivity index (χ1n) is 6.66. The normalized spacial score (nSPS) is 14.1. The highest BCUT2D eigenvalue weighted by molar-refractivity contribution is 5.73. The van der Waals surface area contributed by atoms with Crippen molar-refractivity contribution < 1.29 is 5.06 Å². The lowest BCUT2D eigenvalue weighted by molar-refractivity contribution is -0.907. The van der Waals surface area contributed by atoms with Crippen LogP contribution in [0.15, 0.2) is 17.3 Å². The molecular weight excluding hydrogens is 256 g/mol. The molecule has 0 saturated heterocycles. The summed E-state index contributed by atoms with van der Waals surface area (Å²) in [5.41, 5.74) is 12.4. The second-order valence-electron chi connectivity index (χ2n) is 6.04. The van der Waals surface area contributed by atoms with Gasteiger partial charge in [-0.05, 0) is 34.6 Å². The summed E-state index contributed by atoms with van der Waals surface area (Å²) >= 11 is 0. The van der Waals surface area contributed by atoms with Crippen LogP contribution in [0.4, 0.5) is 11.4 Å². The lowest BCUT2D eigenvalue weighted by Gasteiger charge is -2.39. The van der Waals surface area contributed by atoms with Crippen molar-refractivity contribution in [3.63, 3.8) is 0 Å². The first-order chi connectivity index (χ1) is 9.09. The number of nitrogen functional groups attached to an aromatic ring is 2. The number of nitroso groups, excluding NO2 is 1. The van der Waals surface area contributed by atoms with E-state index in [1.54, 1.807) is 26.0 Å². The van der Waals surface area contributed by atoms with Gasteiger partial charge in [0.1, 0.15) is 11.1 Å². The van der Waals surface area contributed by atoms with Crippen molar-refractivity contribution in [1.82, 2.24) is 0 Å². The molecule has 6 heteroatoms. The van der Waals surface area contributed by atoms with Crippen molar-refractivity contribution in [3.05, 3.63) is 33.4 Å². The van der Waals surface area contributed by atoms with Crippen LogP contribution in [0.3, 0.4) is 0 Å². The molecule has 0 aliphatic carbocycles. The number of nitrogens with one attached hydrogen (secondary N) is 1. The Kier molecular flexibility index (Phi) is 4.41. The molecule has 1 rings (SSSR count). The number of quaternary nitrogens is 1. The molecule has 5 N–H and O–H groups in total. The van der Waals surface area contributed by atoms with Gasteiger partial charge in [0, 0.05) is 11.1 Å². The van der Waals surface area contributed by atoms with Gasteiger partial charge in [0.25, 0.3) is 0 Å². The Morgan fingerprint density at radius 2 is 1.60 bits per heavy atom. The van der Waals surface area contributed by atoms with Crippen LogP contribution in [0.5, 0.6) is 0 Å². The minimum absolute atomic E-state index is 0.0872. The number of nitrogens with two attached hydrogens (primary N) is 2. The molecule has 1 unspecified atom stereocenters. The molecule has 20 heavy (non-hydrogen) atoms. The van der Waals surface area contributed by atoms with Gasteiger partial charge >= 0.3 is 0 Å². The van der Waals surface area contributed by atoms with Crippen LogP contribution in [0.1, 0.15) is 45.7 Å². The van der Waals surface area contributed by atoms with E-state index >= 15 is 0 Å². The second kappa shape index (κ2) is 5.38. The van der Waals surface area contributed by atoms with E-state index in [4.69, 9.17) is 11.5 Å². The van der Waals surface area contributed by atoms with Gasteiger partial charge in [-0.1, -0.05) is 17.3 Å². The third-order valence-corrected chi connectivity index (χ3v) is 3.87. The van der Waals surface area contributed by atoms with Crippen molar-refractivity contribution in [2.24, 2.45) is 5.18 Å². The van der Waals surface area contributed by atoms with Gasteiger partial charge in [0.2, 0.25) is 0 Å². The van der Waals surface area contributed by atoms with Crippen LogP contribution in [-0.2, 0) is 11.1 Å². The fourth-order valence-corrected chi connectivity index (χ4v) is 2.36. The Labute approximate surface area is 119 Å². The Balaban J connectivity index is 3.43. The van der Waals surface area contributed by atoms with E-state index < -0.39 is 11.1 Å². The van der Waals surface area contributed by atoms with Crippen molar-refractivity contribution in [3.8, 4) is 0 Å². The highest BCUT2D eigenvalue weighted by Gasteiger charge is 2.32. The molecule has 1 atom stereocenters. The zero-order chi connectivity index (χ0) is 15.7. The van der Waals surface area contributed by atoms with Gasteiger partial charge in [-0.15, -0.1) is 4.91 Å². The Bertz CT molecular complexity index is 512. The van der Waals surface area contributed by atoms with Crippen molar-refractivity contribution in [1.29, 1.82) is 0 Å². The molecule has 1 aromatic carbocycles. The molecule has 0 fully saturated rings. The van der Waals surface area contributed by atoms with Gasteiger partial charge < -0.3 is 21.7 Å². The van der Waals surface area contributed by atoms with Gasteiger partial charge in [-0.25, -0.2) is 0 Å². The number of hydroxylamine groups is 2. The first kappa shape index (κ1) is 16.4. The van der Waals surface area contributed by atoms with Crippen LogP contribution in [-0.4, -0.2) is 6.54 Å². The fourth-order valence-electron chi connectivity index (χ4n) is 2.36. The third kappa shape index (κ3) is 2.62. The quantitative estimate of drug-likeness (QED) is 0.431. The molecule has 0 aliphatic rings. The van der Waals surface area contributed by atoms with Gasteiger partial charge in [0.15, 0.2) is 0 Å². The molecule has 0 saturated carbocycles. The molecule has 0 amide bonds. The summed E-state index contributed by atoms with van der Waals surface area (Å²) in [7, 11) is 0. The van der Waals surface area contributed by atoms with E-state index in [1.807, 2.05) is 20.8 Å². The van der Waals surface area contributed by atoms with E-state index in [1.165, 1.54) is 0 Å². The number of hydrogen-bond acceptors (Lipinski definition) is 5. The summed E-state index contributed by atoms with van der Waals surface area (Å²) in [4.78, 5) is 10.9. The highest BCUT2D eigenvalue weighted by atomic mass is 16.5. The predicted molar refractivity (Wildman–Crippen MR) is 82.0 cm³/mol. The molecule has 1 aromatic rings. The number of rotatable bonds is 5. The zero-order valence-electron chi connectivity index (χ0n) is 12.8. The first-order valence-corrected chi connectivity index (χ1v) is 6.66. The number of hydrogen-bond donors (Lipinski definition) is 3. The largest absolute Gasteiger partial charge is 0.634 e. The third-order valence-electron chi connectivity index (χ3n) is 3.87. The molecule has 112 valence electrons. The number of benzene rings is 1. The maximum Gasteiger partial charge on any atom is 0.124 e. The summed E-state index contributed by atoms with van der Waals surface area (Å²) in [6.45, 7) is 9.24. The maximum atomic E-state index is 12.1. The molecular formula is C14H24N4O2. The molecule has 0 radical (unpaired) electrons. The SMILES string of the molecule is CC[NH+]([O-])C(C)(C)c1ccc(C(C)(C)N=O)c(N)c1N. The van der Waals surface area contributed by atoms with Crippen LogP contribution in [0, 0.1) is 10.1 Å². The minimum atomic E-state index is -0.949. The van der Waals surface area contributed by atoms with Crippen LogP contribution in [0.25, 0.3) is 0 Å². The summed E-state index contributed by atoms with van der Waals surface area (Å²) < 4.78 is 0. The molecule has 0 bridgehead atoms. The Morgan fingerprint density at radius 1 is 1.15 bits per heavy atom. The summed E-state index contributed by atoms with van der Waals surface area (Å²) in [5, 5.41) is 15.2. The predicted octanol–water partition coefficient (Wildman–Crippen LogP) is 1.49. The Morgan fingerprint density at radius 3 is 2.05 bits per heavy atom.